The van der Waals surface area contributed by atoms with Gasteiger partial charge in [-0.15, -0.1) is 0 Å². The Morgan fingerprint density at radius 2 is 1.81 bits per heavy atom. The number of fused-ring (bicyclic) bond motifs is 1. The molecule has 1 aromatic carbocycles. The van der Waals surface area contributed by atoms with Gasteiger partial charge in [-0.1, -0.05) is 0 Å². The summed E-state index contributed by atoms with van der Waals surface area (Å²) in [5.41, 5.74) is 0.639. The Labute approximate surface area is 188 Å². The van der Waals surface area contributed by atoms with E-state index in [-0.39, 0.29) is 11.9 Å². The monoisotopic (exact) mass is 466 g/mol. The fourth-order valence-electron chi connectivity index (χ4n) is 3.80. The largest absolute Gasteiger partial charge is 0.493 e. The first-order valence-electron chi connectivity index (χ1n) is 10.4. The highest BCUT2D eigenvalue weighted by molar-refractivity contribution is 7.87. The van der Waals surface area contributed by atoms with Crippen molar-refractivity contribution in [1.82, 2.24) is 19.4 Å². The minimum atomic E-state index is -3.41. The van der Waals surface area contributed by atoms with Gasteiger partial charge in [0.1, 0.15) is 5.82 Å². The van der Waals surface area contributed by atoms with Gasteiger partial charge in [0.05, 0.1) is 19.7 Å². The van der Waals surface area contributed by atoms with Crippen LogP contribution in [0, 0.1) is 5.92 Å². The molecule has 32 heavy (non-hydrogen) atoms. The van der Waals surface area contributed by atoms with Gasteiger partial charge in [0.15, 0.2) is 11.5 Å². The van der Waals surface area contributed by atoms with E-state index in [1.54, 1.807) is 20.3 Å². The molecule has 0 aliphatic carbocycles. The first kappa shape index (κ1) is 24.0. The second-order valence-corrected chi connectivity index (χ2v) is 9.30. The number of hydrogen-bond acceptors (Lipinski definition) is 8. The lowest BCUT2D eigenvalue weighted by molar-refractivity contribution is -0.114. The van der Waals surface area contributed by atoms with Gasteiger partial charge in [-0.05, 0) is 31.2 Å². The first-order chi connectivity index (χ1) is 15.3. The Morgan fingerprint density at radius 1 is 1.16 bits per heavy atom. The lowest BCUT2D eigenvalue weighted by Crippen LogP contribution is -2.38. The van der Waals surface area contributed by atoms with Gasteiger partial charge in [-0.25, -0.2) is 14.4 Å². The zero-order valence-electron chi connectivity index (χ0n) is 18.8. The third-order valence-electron chi connectivity index (χ3n) is 5.50. The Morgan fingerprint density at radius 3 is 2.41 bits per heavy atom. The molecular weight excluding hydrogens is 436 g/mol. The highest BCUT2D eigenvalue weighted by atomic mass is 32.2. The SMILES string of the molecule is CNS(=O)(=O)NCCC1CCN(c2nc(NC(C)=O)nc3cc(OC)c(OC)cc23)CC1. The summed E-state index contributed by atoms with van der Waals surface area (Å²) in [7, 11) is 1.10. The van der Waals surface area contributed by atoms with Crippen LogP contribution in [0.2, 0.25) is 0 Å². The number of ether oxygens (including phenoxy) is 2. The van der Waals surface area contributed by atoms with Crippen molar-refractivity contribution in [2.24, 2.45) is 5.92 Å². The number of piperidine rings is 1. The van der Waals surface area contributed by atoms with Gasteiger partial charge < -0.3 is 14.4 Å². The molecule has 0 saturated carbocycles. The molecule has 2 heterocycles. The third kappa shape index (κ3) is 5.75. The van der Waals surface area contributed by atoms with Gasteiger partial charge in [0.2, 0.25) is 11.9 Å². The molecule has 1 aromatic heterocycles. The van der Waals surface area contributed by atoms with Crippen LogP contribution >= 0.6 is 0 Å². The summed E-state index contributed by atoms with van der Waals surface area (Å²) in [6, 6.07) is 3.62. The molecule has 11 nitrogen and oxygen atoms in total. The van der Waals surface area contributed by atoms with Crippen LogP contribution in [0.3, 0.4) is 0 Å². The number of aromatic nitrogens is 2. The number of amides is 1. The topological polar surface area (TPSA) is 135 Å². The van der Waals surface area contributed by atoms with Crippen molar-refractivity contribution in [3.63, 3.8) is 0 Å². The molecule has 0 spiro atoms. The lowest BCUT2D eigenvalue weighted by atomic mass is 9.93. The van der Waals surface area contributed by atoms with Crippen LogP contribution in [0.25, 0.3) is 10.9 Å². The molecule has 3 rings (SSSR count). The lowest BCUT2D eigenvalue weighted by Gasteiger charge is -2.33. The molecule has 1 aliphatic heterocycles. The van der Waals surface area contributed by atoms with E-state index in [2.05, 4.69) is 29.6 Å². The molecule has 0 unspecified atom stereocenters. The van der Waals surface area contributed by atoms with E-state index in [0.29, 0.717) is 35.3 Å². The summed E-state index contributed by atoms with van der Waals surface area (Å²) in [5.74, 6) is 2.22. The Kier molecular flexibility index (Phi) is 7.69. The van der Waals surface area contributed by atoms with Gasteiger partial charge >= 0.3 is 0 Å². The van der Waals surface area contributed by atoms with E-state index in [1.165, 1.54) is 14.0 Å². The third-order valence-corrected chi connectivity index (χ3v) is 6.62. The van der Waals surface area contributed by atoms with E-state index in [4.69, 9.17) is 9.47 Å². The molecule has 3 N–H and O–H groups in total. The van der Waals surface area contributed by atoms with Gasteiger partial charge in [0.25, 0.3) is 10.2 Å². The molecule has 1 amide bonds. The van der Waals surface area contributed by atoms with Crippen molar-refractivity contribution in [3.8, 4) is 11.5 Å². The Bertz CT molecular complexity index is 1070. The maximum absolute atomic E-state index is 11.6. The standard InChI is InChI=1S/C20H30N6O5S/c1-13(27)23-20-24-16-12-18(31-4)17(30-3)11-15(16)19(25-20)26-9-6-14(7-10-26)5-8-22-32(28,29)21-2/h11-12,14,21-22H,5-10H2,1-4H3,(H,23,24,25,27). The maximum Gasteiger partial charge on any atom is 0.276 e. The van der Waals surface area contributed by atoms with E-state index >= 15 is 0 Å². The van der Waals surface area contributed by atoms with Crippen LogP contribution in [-0.4, -0.2) is 65.2 Å². The number of carbonyl (C=O) groups is 1. The average Bonchev–Trinajstić information content (AvgIpc) is 2.77. The summed E-state index contributed by atoms with van der Waals surface area (Å²) in [5, 5.41) is 3.47. The molecule has 1 fully saturated rings. The minimum Gasteiger partial charge on any atom is -0.493 e. The molecule has 2 aromatic rings. The molecule has 1 saturated heterocycles. The summed E-state index contributed by atoms with van der Waals surface area (Å²) in [6.07, 6.45) is 2.56. The smallest absolute Gasteiger partial charge is 0.276 e. The molecule has 0 atom stereocenters. The molecule has 0 radical (unpaired) electrons. The number of carbonyl (C=O) groups excluding carboxylic acids is 1. The average molecular weight is 467 g/mol. The van der Waals surface area contributed by atoms with E-state index in [9.17, 15) is 13.2 Å². The highest BCUT2D eigenvalue weighted by Gasteiger charge is 2.24. The Balaban J connectivity index is 1.82. The summed E-state index contributed by atoms with van der Waals surface area (Å²) in [4.78, 5) is 22.8. The molecule has 1 aliphatic rings. The van der Waals surface area contributed by atoms with Crippen LogP contribution < -0.4 is 29.1 Å². The van der Waals surface area contributed by atoms with Crippen LogP contribution in [0.5, 0.6) is 11.5 Å². The quantitative estimate of drug-likeness (QED) is 0.503. The highest BCUT2D eigenvalue weighted by Crippen LogP contribution is 2.37. The van der Waals surface area contributed by atoms with E-state index < -0.39 is 10.2 Å². The summed E-state index contributed by atoms with van der Waals surface area (Å²) in [6.45, 7) is 3.32. The fourth-order valence-corrected chi connectivity index (χ4v) is 4.33. The van der Waals surface area contributed by atoms with Crippen LogP contribution in [0.4, 0.5) is 11.8 Å². The Hall–Kier alpha value is -2.70. The molecular formula is C20H30N6O5S. The normalized spacial score (nSPS) is 15.1. The molecule has 0 bridgehead atoms. The van der Waals surface area contributed by atoms with Crippen LogP contribution in [0.15, 0.2) is 12.1 Å². The van der Waals surface area contributed by atoms with Gasteiger partial charge in [0, 0.05) is 45.1 Å². The number of hydrogen-bond donors (Lipinski definition) is 3. The van der Waals surface area contributed by atoms with Crippen LogP contribution in [-0.2, 0) is 15.0 Å². The maximum atomic E-state index is 11.6. The predicted molar refractivity (Wildman–Crippen MR) is 122 cm³/mol. The second-order valence-electron chi connectivity index (χ2n) is 7.60. The van der Waals surface area contributed by atoms with Crippen molar-refractivity contribution in [3.05, 3.63) is 12.1 Å². The van der Waals surface area contributed by atoms with Crippen molar-refractivity contribution in [2.45, 2.75) is 26.2 Å². The van der Waals surface area contributed by atoms with Crippen LogP contribution in [0.1, 0.15) is 26.2 Å². The number of methoxy groups -OCH3 is 2. The first-order valence-corrected chi connectivity index (χ1v) is 11.9. The fraction of sp³-hybridized carbons (Fsp3) is 0.550. The summed E-state index contributed by atoms with van der Waals surface area (Å²) < 4.78 is 38.7. The number of nitrogens with zero attached hydrogens (tertiary/aromatic N) is 3. The van der Waals surface area contributed by atoms with Crippen molar-refractivity contribution in [1.29, 1.82) is 0 Å². The number of rotatable bonds is 9. The summed E-state index contributed by atoms with van der Waals surface area (Å²) >= 11 is 0. The minimum absolute atomic E-state index is 0.232. The second kappa shape index (κ2) is 10.3. The van der Waals surface area contributed by atoms with E-state index in [1.807, 2.05) is 6.07 Å². The van der Waals surface area contributed by atoms with Gasteiger partial charge in [-0.2, -0.15) is 13.4 Å². The number of anilines is 2. The van der Waals surface area contributed by atoms with Crippen molar-refractivity contribution in [2.75, 3.05) is 51.1 Å². The zero-order valence-corrected chi connectivity index (χ0v) is 19.6. The number of benzene rings is 1. The van der Waals surface area contributed by atoms with Crippen molar-refractivity contribution >= 4 is 38.8 Å². The molecule has 12 heteroatoms. The predicted octanol–water partition coefficient (Wildman–Crippen LogP) is 1.27. The molecule has 176 valence electrons. The van der Waals surface area contributed by atoms with Crippen molar-refractivity contribution < 1.29 is 22.7 Å². The number of nitrogens with one attached hydrogen (secondary N) is 3. The van der Waals surface area contributed by atoms with E-state index in [0.717, 1.165) is 37.7 Å². The zero-order chi connectivity index (χ0) is 23.3. The van der Waals surface area contributed by atoms with Gasteiger partial charge in [-0.3, -0.25) is 10.1 Å².